The van der Waals surface area contributed by atoms with Gasteiger partial charge in [0.1, 0.15) is 5.69 Å². The van der Waals surface area contributed by atoms with Gasteiger partial charge in [-0.15, -0.1) is 5.10 Å². The maximum absolute atomic E-state index is 6.39. The molecule has 3 aromatic rings. The average molecular weight is 304 g/mol. The first-order chi connectivity index (χ1) is 11.1. The van der Waals surface area contributed by atoms with Crippen LogP contribution in [0, 0.1) is 13.8 Å². The zero-order valence-corrected chi connectivity index (χ0v) is 13.5. The highest BCUT2D eigenvalue weighted by Crippen LogP contribution is 2.31. The first kappa shape index (κ1) is 14.0. The number of aryl methyl sites for hydroxylation is 4. The number of fused-ring (bicyclic) bond motifs is 1. The smallest absolute Gasteiger partial charge is 0.155 e. The maximum atomic E-state index is 6.39. The number of nitrogens with zero attached hydrogens (tertiary/aromatic N) is 3. The lowest BCUT2D eigenvalue weighted by atomic mass is 10.0. The summed E-state index contributed by atoms with van der Waals surface area (Å²) in [7, 11) is 0. The third-order valence-electron chi connectivity index (χ3n) is 4.73. The SMILES string of the molecule is Cc1cccc(C)c1-n1nnc(-c2ccc3c(c2)CCC3)c1N. The van der Waals surface area contributed by atoms with E-state index in [4.69, 9.17) is 5.73 Å². The molecule has 23 heavy (non-hydrogen) atoms. The Kier molecular flexibility index (Phi) is 3.18. The fraction of sp³-hybridized carbons (Fsp3) is 0.263. The number of rotatable bonds is 2. The van der Waals surface area contributed by atoms with Gasteiger partial charge in [-0.05, 0) is 61.4 Å². The number of nitrogens with two attached hydrogens (primary N) is 1. The number of aromatic nitrogens is 3. The van der Waals surface area contributed by atoms with E-state index in [1.165, 1.54) is 24.0 Å². The van der Waals surface area contributed by atoms with Crippen LogP contribution in [0.5, 0.6) is 0 Å². The highest BCUT2D eigenvalue weighted by molar-refractivity contribution is 5.72. The fourth-order valence-electron chi connectivity index (χ4n) is 3.52. The zero-order chi connectivity index (χ0) is 16.0. The number of anilines is 1. The van der Waals surface area contributed by atoms with Crippen molar-refractivity contribution in [2.75, 3.05) is 5.73 Å². The van der Waals surface area contributed by atoms with Gasteiger partial charge in [-0.3, -0.25) is 0 Å². The van der Waals surface area contributed by atoms with Crippen LogP contribution < -0.4 is 5.73 Å². The summed E-state index contributed by atoms with van der Waals surface area (Å²) in [5, 5.41) is 8.68. The highest BCUT2D eigenvalue weighted by Gasteiger charge is 2.18. The van der Waals surface area contributed by atoms with Crippen molar-refractivity contribution >= 4 is 5.82 Å². The summed E-state index contributed by atoms with van der Waals surface area (Å²) in [6.45, 7) is 4.14. The Morgan fingerprint density at radius 1 is 1.00 bits per heavy atom. The average Bonchev–Trinajstić information content (AvgIpc) is 3.14. The van der Waals surface area contributed by atoms with Crippen LogP contribution in [-0.2, 0) is 12.8 Å². The summed E-state index contributed by atoms with van der Waals surface area (Å²) < 4.78 is 1.76. The number of hydrogen-bond acceptors (Lipinski definition) is 3. The van der Waals surface area contributed by atoms with Crippen molar-refractivity contribution in [1.29, 1.82) is 0 Å². The second-order valence-corrected chi connectivity index (χ2v) is 6.31. The molecule has 4 nitrogen and oxygen atoms in total. The molecule has 4 rings (SSSR count). The molecule has 1 aliphatic carbocycles. The number of para-hydroxylation sites is 1. The van der Waals surface area contributed by atoms with Gasteiger partial charge in [0.15, 0.2) is 5.82 Å². The molecule has 116 valence electrons. The Bertz CT molecular complexity index is 872. The van der Waals surface area contributed by atoms with Crippen LogP contribution in [0.2, 0.25) is 0 Å². The summed E-state index contributed by atoms with van der Waals surface area (Å²) in [5.74, 6) is 0.598. The predicted octanol–water partition coefficient (Wildman–Crippen LogP) is 3.62. The van der Waals surface area contributed by atoms with Gasteiger partial charge >= 0.3 is 0 Å². The van der Waals surface area contributed by atoms with Crippen molar-refractivity contribution in [1.82, 2.24) is 15.0 Å². The van der Waals surface area contributed by atoms with Gasteiger partial charge in [0.05, 0.1) is 5.69 Å². The van der Waals surface area contributed by atoms with E-state index in [0.717, 1.165) is 34.5 Å². The summed E-state index contributed by atoms with van der Waals surface area (Å²) in [6.07, 6.45) is 3.57. The van der Waals surface area contributed by atoms with E-state index in [-0.39, 0.29) is 0 Å². The molecule has 1 aromatic heterocycles. The standard InChI is InChI=1S/C19H20N4/c1-12-5-3-6-13(2)18(12)23-19(20)17(21-22-23)16-10-9-14-7-4-8-15(14)11-16/h3,5-6,9-11H,4,7-8,20H2,1-2H3. The molecule has 4 heteroatoms. The Balaban J connectivity index is 1.83. The van der Waals surface area contributed by atoms with E-state index in [2.05, 4.69) is 54.5 Å². The number of benzene rings is 2. The Hall–Kier alpha value is -2.62. The van der Waals surface area contributed by atoms with Crippen LogP contribution in [0.25, 0.3) is 16.9 Å². The second kappa shape index (κ2) is 5.23. The van der Waals surface area contributed by atoms with Crippen molar-refractivity contribution in [3.05, 3.63) is 58.7 Å². The zero-order valence-electron chi connectivity index (χ0n) is 13.5. The molecule has 0 aliphatic heterocycles. The third kappa shape index (κ3) is 2.22. The van der Waals surface area contributed by atoms with Crippen LogP contribution in [0.15, 0.2) is 36.4 Å². The van der Waals surface area contributed by atoms with Crippen LogP contribution in [0.1, 0.15) is 28.7 Å². The minimum absolute atomic E-state index is 0.598. The lowest BCUT2D eigenvalue weighted by molar-refractivity contribution is 0.801. The van der Waals surface area contributed by atoms with Crippen molar-refractivity contribution < 1.29 is 0 Å². The fourth-order valence-corrected chi connectivity index (χ4v) is 3.52. The molecule has 2 aromatic carbocycles. The predicted molar refractivity (Wildman–Crippen MR) is 92.7 cm³/mol. The third-order valence-corrected chi connectivity index (χ3v) is 4.73. The van der Waals surface area contributed by atoms with E-state index in [9.17, 15) is 0 Å². The van der Waals surface area contributed by atoms with Gasteiger partial charge in [-0.25, -0.2) is 0 Å². The molecular weight excluding hydrogens is 284 g/mol. The van der Waals surface area contributed by atoms with Crippen LogP contribution in [0.4, 0.5) is 5.82 Å². The van der Waals surface area contributed by atoms with Gasteiger partial charge in [-0.1, -0.05) is 35.5 Å². The van der Waals surface area contributed by atoms with Crippen LogP contribution in [0.3, 0.4) is 0 Å². The first-order valence-corrected chi connectivity index (χ1v) is 8.05. The number of hydrogen-bond donors (Lipinski definition) is 1. The Morgan fingerprint density at radius 3 is 2.52 bits per heavy atom. The minimum Gasteiger partial charge on any atom is -0.382 e. The molecule has 0 bridgehead atoms. The minimum atomic E-state index is 0.598. The summed E-state index contributed by atoms with van der Waals surface area (Å²) in [4.78, 5) is 0. The number of nitrogen functional groups attached to an aromatic ring is 1. The Morgan fingerprint density at radius 2 is 1.74 bits per heavy atom. The topological polar surface area (TPSA) is 56.7 Å². The van der Waals surface area contributed by atoms with E-state index in [1.54, 1.807) is 4.68 Å². The molecule has 0 radical (unpaired) electrons. The Labute approximate surface area is 135 Å². The second-order valence-electron chi connectivity index (χ2n) is 6.31. The molecular formula is C19H20N4. The molecule has 2 N–H and O–H groups in total. The van der Waals surface area contributed by atoms with Crippen LogP contribution in [-0.4, -0.2) is 15.0 Å². The molecule has 0 spiro atoms. The van der Waals surface area contributed by atoms with E-state index >= 15 is 0 Å². The van der Waals surface area contributed by atoms with E-state index < -0.39 is 0 Å². The quantitative estimate of drug-likeness (QED) is 0.786. The molecule has 0 saturated heterocycles. The first-order valence-electron chi connectivity index (χ1n) is 8.05. The van der Waals surface area contributed by atoms with Crippen molar-refractivity contribution in [2.24, 2.45) is 0 Å². The molecule has 1 heterocycles. The molecule has 0 unspecified atom stereocenters. The van der Waals surface area contributed by atoms with Gasteiger partial charge in [0.25, 0.3) is 0 Å². The van der Waals surface area contributed by atoms with Crippen molar-refractivity contribution in [3.63, 3.8) is 0 Å². The molecule has 0 saturated carbocycles. The largest absolute Gasteiger partial charge is 0.382 e. The molecule has 0 fully saturated rings. The lowest BCUT2D eigenvalue weighted by Gasteiger charge is -2.10. The lowest BCUT2D eigenvalue weighted by Crippen LogP contribution is -2.06. The summed E-state index contributed by atoms with van der Waals surface area (Å²) in [5.41, 5.74) is 14.4. The summed E-state index contributed by atoms with van der Waals surface area (Å²) in [6, 6.07) is 12.7. The van der Waals surface area contributed by atoms with Crippen molar-refractivity contribution in [3.8, 4) is 16.9 Å². The molecule has 0 amide bonds. The van der Waals surface area contributed by atoms with E-state index in [0.29, 0.717) is 5.82 Å². The highest BCUT2D eigenvalue weighted by atomic mass is 15.5. The van der Waals surface area contributed by atoms with Crippen LogP contribution >= 0.6 is 0 Å². The monoisotopic (exact) mass is 304 g/mol. The van der Waals surface area contributed by atoms with Gasteiger partial charge in [0, 0.05) is 5.56 Å². The van der Waals surface area contributed by atoms with Gasteiger partial charge < -0.3 is 5.73 Å². The molecule has 1 aliphatic rings. The maximum Gasteiger partial charge on any atom is 0.155 e. The molecule has 0 atom stereocenters. The van der Waals surface area contributed by atoms with Crippen molar-refractivity contribution in [2.45, 2.75) is 33.1 Å². The normalized spacial score (nSPS) is 13.3. The summed E-state index contributed by atoms with van der Waals surface area (Å²) >= 11 is 0. The van der Waals surface area contributed by atoms with Gasteiger partial charge in [-0.2, -0.15) is 4.68 Å². The van der Waals surface area contributed by atoms with Gasteiger partial charge in [0.2, 0.25) is 0 Å². The van der Waals surface area contributed by atoms with E-state index in [1.807, 2.05) is 6.07 Å².